The van der Waals surface area contributed by atoms with Crippen LogP contribution in [-0.4, -0.2) is 28.7 Å². The number of para-hydroxylation sites is 1. The van der Waals surface area contributed by atoms with Gasteiger partial charge in [-0.3, -0.25) is 4.79 Å². The normalized spacial score (nSPS) is 14.6. The minimum atomic E-state index is -1.03. The number of rotatable bonds is 8. The highest BCUT2D eigenvalue weighted by molar-refractivity contribution is 5.88. The molecule has 1 fully saturated rings. The van der Waals surface area contributed by atoms with Crippen molar-refractivity contribution in [3.8, 4) is 5.75 Å². The standard InChI is InChI=1S/C30H30N2O4/c1-36-27-18-23(30(34)35)14-15-25(27)29(32-17-16-21-10-5-7-13-26(21)32)31-28(33)19-22-11-4-6-12-24(22)20-8-2-3-9-20/h4-7,10-18,20,29H,2-3,8-9,19H2,1H3,(H,31,33)(H,34,35). The van der Waals surface area contributed by atoms with Crippen LogP contribution >= 0.6 is 0 Å². The summed E-state index contributed by atoms with van der Waals surface area (Å²) in [6.45, 7) is 0. The van der Waals surface area contributed by atoms with E-state index in [1.165, 1.54) is 44.4 Å². The zero-order chi connectivity index (χ0) is 25.1. The fourth-order valence-corrected chi connectivity index (χ4v) is 5.40. The lowest BCUT2D eigenvalue weighted by Crippen LogP contribution is -2.34. The summed E-state index contributed by atoms with van der Waals surface area (Å²) in [5.41, 5.74) is 4.10. The third-order valence-corrected chi connectivity index (χ3v) is 7.18. The predicted molar refractivity (Wildman–Crippen MR) is 140 cm³/mol. The van der Waals surface area contributed by atoms with E-state index in [-0.39, 0.29) is 17.9 Å². The van der Waals surface area contributed by atoms with Gasteiger partial charge in [0.1, 0.15) is 11.9 Å². The van der Waals surface area contributed by atoms with Gasteiger partial charge in [0, 0.05) is 11.8 Å². The van der Waals surface area contributed by atoms with E-state index in [0.29, 0.717) is 17.2 Å². The molecule has 3 aromatic carbocycles. The maximum absolute atomic E-state index is 13.5. The number of aromatic carboxylic acids is 1. The van der Waals surface area contributed by atoms with Gasteiger partial charge in [-0.2, -0.15) is 0 Å². The molecule has 5 rings (SSSR count). The quantitative estimate of drug-likeness (QED) is 0.327. The van der Waals surface area contributed by atoms with E-state index in [1.54, 1.807) is 12.1 Å². The molecule has 1 aliphatic carbocycles. The number of carbonyl (C=O) groups is 2. The molecule has 1 atom stereocenters. The first kappa shape index (κ1) is 23.7. The van der Waals surface area contributed by atoms with Crippen LogP contribution in [0.15, 0.2) is 79.0 Å². The average Bonchev–Trinajstić information content (AvgIpc) is 3.58. The maximum Gasteiger partial charge on any atom is 0.335 e. The number of amides is 1. The second kappa shape index (κ2) is 10.3. The molecule has 0 radical (unpaired) electrons. The summed E-state index contributed by atoms with van der Waals surface area (Å²) in [5.74, 6) is -0.214. The Morgan fingerprint density at radius 2 is 1.78 bits per heavy atom. The van der Waals surface area contributed by atoms with Crippen LogP contribution in [0.4, 0.5) is 0 Å². The Morgan fingerprint density at radius 3 is 2.56 bits per heavy atom. The summed E-state index contributed by atoms with van der Waals surface area (Å²) in [4.78, 5) is 25.1. The van der Waals surface area contributed by atoms with Crippen molar-refractivity contribution in [2.75, 3.05) is 7.11 Å². The van der Waals surface area contributed by atoms with Gasteiger partial charge in [-0.15, -0.1) is 0 Å². The molecule has 1 aromatic heterocycles. The van der Waals surface area contributed by atoms with Gasteiger partial charge in [0.2, 0.25) is 5.91 Å². The molecule has 184 valence electrons. The van der Waals surface area contributed by atoms with Crippen LogP contribution in [-0.2, 0) is 11.2 Å². The van der Waals surface area contributed by atoms with Crippen molar-refractivity contribution in [3.63, 3.8) is 0 Å². The number of hydrogen-bond donors (Lipinski definition) is 2. The minimum absolute atomic E-state index is 0.104. The van der Waals surface area contributed by atoms with Gasteiger partial charge < -0.3 is 19.7 Å². The maximum atomic E-state index is 13.5. The monoisotopic (exact) mass is 482 g/mol. The van der Waals surface area contributed by atoms with E-state index in [4.69, 9.17) is 4.74 Å². The van der Waals surface area contributed by atoms with Gasteiger partial charge in [-0.25, -0.2) is 4.79 Å². The Bertz CT molecular complexity index is 1400. The molecule has 1 aliphatic rings. The van der Waals surface area contributed by atoms with Crippen LogP contribution in [0.2, 0.25) is 0 Å². The molecule has 4 aromatic rings. The highest BCUT2D eigenvalue weighted by Crippen LogP contribution is 2.36. The van der Waals surface area contributed by atoms with E-state index < -0.39 is 12.1 Å². The van der Waals surface area contributed by atoms with Crippen molar-refractivity contribution in [1.82, 2.24) is 9.88 Å². The van der Waals surface area contributed by atoms with Crippen LogP contribution in [0.1, 0.15) is 64.8 Å². The SMILES string of the molecule is COc1cc(C(=O)O)ccc1C(NC(=O)Cc1ccccc1C1CCCC1)n1ccc2ccccc21. The highest BCUT2D eigenvalue weighted by atomic mass is 16.5. The molecule has 36 heavy (non-hydrogen) atoms. The zero-order valence-corrected chi connectivity index (χ0v) is 20.3. The summed E-state index contributed by atoms with van der Waals surface area (Å²) < 4.78 is 7.58. The fourth-order valence-electron chi connectivity index (χ4n) is 5.40. The molecule has 0 aliphatic heterocycles. The zero-order valence-electron chi connectivity index (χ0n) is 20.3. The molecule has 1 amide bonds. The summed E-state index contributed by atoms with van der Waals surface area (Å²) in [6, 6.07) is 23.0. The van der Waals surface area contributed by atoms with Crippen molar-refractivity contribution in [2.45, 2.75) is 44.2 Å². The van der Waals surface area contributed by atoms with Gasteiger partial charge in [0.25, 0.3) is 0 Å². The molecule has 1 heterocycles. The first-order valence-electron chi connectivity index (χ1n) is 12.4. The Kier molecular flexibility index (Phi) is 6.76. The van der Waals surface area contributed by atoms with E-state index in [1.807, 2.05) is 47.2 Å². The number of methoxy groups -OCH3 is 1. The van der Waals surface area contributed by atoms with Crippen molar-refractivity contribution >= 4 is 22.8 Å². The molecule has 1 saturated carbocycles. The van der Waals surface area contributed by atoms with Gasteiger partial charge in [-0.1, -0.05) is 61.4 Å². The van der Waals surface area contributed by atoms with Crippen molar-refractivity contribution in [2.24, 2.45) is 0 Å². The third kappa shape index (κ3) is 4.71. The first-order valence-corrected chi connectivity index (χ1v) is 12.4. The van der Waals surface area contributed by atoms with Crippen LogP contribution < -0.4 is 10.1 Å². The van der Waals surface area contributed by atoms with E-state index >= 15 is 0 Å². The molecule has 0 bridgehead atoms. The Hall–Kier alpha value is -4.06. The van der Waals surface area contributed by atoms with E-state index in [0.717, 1.165) is 16.5 Å². The van der Waals surface area contributed by atoms with Gasteiger partial charge >= 0.3 is 5.97 Å². The molecule has 6 nitrogen and oxygen atoms in total. The van der Waals surface area contributed by atoms with E-state index in [2.05, 4.69) is 23.5 Å². The molecule has 0 spiro atoms. The summed E-state index contributed by atoms with van der Waals surface area (Å²) in [6.07, 6.45) is 6.45. The number of carbonyl (C=O) groups excluding carboxylic acids is 1. The van der Waals surface area contributed by atoms with Crippen LogP contribution in [0.5, 0.6) is 5.75 Å². The summed E-state index contributed by atoms with van der Waals surface area (Å²) >= 11 is 0. The van der Waals surface area contributed by atoms with Crippen molar-refractivity contribution < 1.29 is 19.4 Å². The smallest absolute Gasteiger partial charge is 0.335 e. The average molecular weight is 483 g/mol. The Labute approximate surface area is 210 Å². The lowest BCUT2D eigenvalue weighted by atomic mass is 9.91. The lowest BCUT2D eigenvalue weighted by molar-refractivity contribution is -0.121. The summed E-state index contributed by atoms with van der Waals surface area (Å²) in [7, 11) is 1.51. The predicted octanol–water partition coefficient (Wildman–Crippen LogP) is 5.91. The number of ether oxygens (including phenoxy) is 1. The highest BCUT2D eigenvalue weighted by Gasteiger charge is 2.25. The molecule has 2 N–H and O–H groups in total. The van der Waals surface area contributed by atoms with Gasteiger partial charge in [0.15, 0.2) is 0 Å². The number of aromatic nitrogens is 1. The number of hydrogen-bond acceptors (Lipinski definition) is 3. The largest absolute Gasteiger partial charge is 0.496 e. The number of nitrogens with one attached hydrogen (secondary N) is 1. The van der Waals surface area contributed by atoms with Crippen LogP contribution in [0.3, 0.4) is 0 Å². The van der Waals surface area contributed by atoms with Crippen LogP contribution in [0.25, 0.3) is 10.9 Å². The molecular formula is C30H30N2O4. The first-order chi connectivity index (χ1) is 17.5. The van der Waals surface area contributed by atoms with Gasteiger partial charge in [0.05, 0.1) is 24.6 Å². The van der Waals surface area contributed by atoms with Crippen LogP contribution in [0, 0.1) is 0 Å². The minimum Gasteiger partial charge on any atom is -0.496 e. The Balaban J connectivity index is 1.51. The molecule has 1 unspecified atom stereocenters. The molecule has 6 heteroatoms. The van der Waals surface area contributed by atoms with Crippen molar-refractivity contribution in [1.29, 1.82) is 0 Å². The number of carboxylic acid groups (broad SMARTS) is 1. The summed E-state index contributed by atoms with van der Waals surface area (Å²) in [5, 5.41) is 13.7. The number of fused-ring (bicyclic) bond motifs is 1. The third-order valence-electron chi connectivity index (χ3n) is 7.18. The van der Waals surface area contributed by atoms with Gasteiger partial charge in [-0.05, 0) is 59.5 Å². The fraction of sp³-hybridized carbons (Fsp3) is 0.267. The molecule has 0 saturated heterocycles. The topological polar surface area (TPSA) is 80.6 Å². The van der Waals surface area contributed by atoms with E-state index in [9.17, 15) is 14.7 Å². The number of benzene rings is 3. The second-order valence-electron chi connectivity index (χ2n) is 9.37. The Morgan fingerprint density at radius 1 is 1.03 bits per heavy atom. The lowest BCUT2D eigenvalue weighted by Gasteiger charge is -2.25. The molecular weight excluding hydrogens is 452 g/mol. The number of nitrogens with zero attached hydrogens (tertiary/aromatic N) is 1. The number of carboxylic acids is 1. The van der Waals surface area contributed by atoms with Crippen molar-refractivity contribution in [3.05, 3.63) is 101 Å². The second-order valence-corrected chi connectivity index (χ2v) is 9.37.